The molecule has 2 aliphatic heterocycles. The Labute approximate surface area is 168 Å². The molecular weight excluding hydrogens is 394 g/mol. The molecule has 1 saturated heterocycles. The number of aromatic nitrogens is 1. The molecule has 0 bridgehead atoms. The van der Waals surface area contributed by atoms with Crippen LogP contribution in [0.15, 0.2) is 42.5 Å². The molecule has 1 aromatic heterocycles. The smallest absolute Gasteiger partial charge is 0.279 e. The highest BCUT2D eigenvalue weighted by Gasteiger charge is 2.46. The number of nitrogens with zero attached hydrogens (tertiary/aromatic N) is 2. The van der Waals surface area contributed by atoms with E-state index >= 15 is 0 Å². The van der Waals surface area contributed by atoms with Crippen LogP contribution in [-0.2, 0) is 9.59 Å². The monoisotopic (exact) mass is 407 g/mol. The quantitative estimate of drug-likeness (QED) is 0.669. The molecule has 8 nitrogen and oxygen atoms in total. The molecule has 0 aliphatic carbocycles. The molecule has 1 atom stereocenters. The van der Waals surface area contributed by atoms with Gasteiger partial charge in [-0.3, -0.25) is 29.4 Å². The summed E-state index contributed by atoms with van der Waals surface area (Å²) in [7, 11) is 0. The first-order valence-corrected chi connectivity index (χ1v) is 9.72. The van der Waals surface area contributed by atoms with Crippen molar-refractivity contribution in [1.29, 1.82) is 0 Å². The zero-order valence-corrected chi connectivity index (χ0v) is 15.7. The fourth-order valence-electron chi connectivity index (χ4n) is 3.56. The highest BCUT2D eigenvalue weighted by Crippen LogP contribution is 2.37. The van der Waals surface area contributed by atoms with Gasteiger partial charge >= 0.3 is 0 Å². The number of piperidine rings is 1. The number of imide groups is 2. The fourth-order valence-corrected chi connectivity index (χ4v) is 4.39. The summed E-state index contributed by atoms with van der Waals surface area (Å²) in [5.74, 6) is -2.05. The molecular formula is C20H13N3O5S. The summed E-state index contributed by atoms with van der Waals surface area (Å²) < 4.78 is 6.79. The number of nitrogens with one attached hydrogen (secondary N) is 1. The average Bonchev–Trinajstić information content (AvgIpc) is 3.22. The van der Waals surface area contributed by atoms with E-state index in [-0.39, 0.29) is 29.7 Å². The number of fused-ring (bicyclic) bond motifs is 2. The minimum atomic E-state index is -1.02. The molecule has 0 spiro atoms. The maximum Gasteiger partial charge on any atom is 0.279 e. The van der Waals surface area contributed by atoms with Crippen LogP contribution in [0.25, 0.3) is 10.2 Å². The summed E-state index contributed by atoms with van der Waals surface area (Å²) in [4.78, 5) is 54.8. The fraction of sp³-hybridized carbons (Fsp3) is 0.150. The van der Waals surface area contributed by atoms with Crippen LogP contribution in [0.1, 0.15) is 33.6 Å². The summed E-state index contributed by atoms with van der Waals surface area (Å²) in [5, 5.41) is 2.53. The Hall–Kier alpha value is -3.59. The standard InChI is InChI=1S/C20H13N3O5S/c24-15-9-8-12(17(25)22-15)23-18(26)10-4-3-6-13(16(10)19(23)27)28-20-21-11-5-1-2-7-14(11)29-20/h1-7,12H,8-9H2,(H,22,24,25). The maximum absolute atomic E-state index is 13.1. The molecule has 5 rings (SSSR count). The Morgan fingerprint density at radius 1 is 1.03 bits per heavy atom. The van der Waals surface area contributed by atoms with Crippen LogP contribution in [0, 0.1) is 0 Å². The van der Waals surface area contributed by atoms with Crippen LogP contribution >= 0.6 is 11.3 Å². The predicted octanol–water partition coefficient (Wildman–Crippen LogP) is 2.49. The van der Waals surface area contributed by atoms with Gasteiger partial charge in [0.05, 0.1) is 21.3 Å². The number of rotatable bonds is 3. The summed E-state index contributed by atoms with van der Waals surface area (Å²) >= 11 is 1.32. The minimum Gasteiger partial charge on any atom is -0.430 e. The van der Waals surface area contributed by atoms with Gasteiger partial charge in [-0.2, -0.15) is 0 Å². The first-order valence-electron chi connectivity index (χ1n) is 8.91. The summed E-state index contributed by atoms with van der Waals surface area (Å²) in [6.07, 6.45) is 0.170. The van der Waals surface area contributed by atoms with E-state index in [0.717, 1.165) is 15.1 Å². The van der Waals surface area contributed by atoms with Crippen molar-refractivity contribution < 1.29 is 23.9 Å². The van der Waals surface area contributed by atoms with Gasteiger partial charge in [0.2, 0.25) is 11.8 Å². The third-order valence-electron chi connectivity index (χ3n) is 4.90. The van der Waals surface area contributed by atoms with Crippen LogP contribution in [0.4, 0.5) is 0 Å². The van der Waals surface area contributed by atoms with Crippen molar-refractivity contribution in [2.75, 3.05) is 0 Å². The molecule has 9 heteroatoms. The highest BCUT2D eigenvalue weighted by atomic mass is 32.1. The molecule has 0 radical (unpaired) electrons. The van der Waals surface area contributed by atoms with Crippen LogP contribution in [-0.4, -0.2) is 39.6 Å². The van der Waals surface area contributed by atoms with Crippen molar-refractivity contribution in [2.24, 2.45) is 0 Å². The first kappa shape index (κ1) is 17.5. The molecule has 4 amide bonds. The number of ether oxygens (including phenoxy) is 1. The molecule has 0 saturated carbocycles. The SMILES string of the molecule is O=C1CCC(N2C(=O)c3cccc(Oc4nc5ccccc5s4)c3C2=O)C(=O)N1. The van der Waals surface area contributed by atoms with Crippen LogP contribution in [0.5, 0.6) is 10.9 Å². The minimum absolute atomic E-state index is 0.0683. The van der Waals surface area contributed by atoms with Crippen molar-refractivity contribution in [1.82, 2.24) is 15.2 Å². The number of hydrogen-bond acceptors (Lipinski definition) is 7. The molecule has 3 aromatic rings. The van der Waals surface area contributed by atoms with E-state index in [2.05, 4.69) is 10.3 Å². The number of para-hydroxylation sites is 1. The van der Waals surface area contributed by atoms with Gasteiger partial charge in [0, 0.05) is 6.42 Å². The molecule has 2 aromatic carbocycles. The van der Waals surface area contributed by atoms with Crippen molar-refractivity contribution in [3.63, 3.8) is 0 Å². The number of thiazole rings is 1. The lowest BCUT2D eigenvalue weighted by molar-refractivity contribution is -0.136. The number of hydrogen-bond donors (Lipinski definition) is 1. The van der Waals surface area contributed by atoms with Gasteiger partial charge in [-0.05, 0) is 30.7 Å². The lowest BCUT2D eigenvalue weighted by Crippen LogP contribution is -2.54. The second-order valence-electron chi connectivity index (χ2n) is 6.68. The van der Waals surface area contributed by atoms with E-state index in [0.29, 0.717) is 5.19 Å². The van der Waals surface area contributed by atoms with Crippen molar-refractivity contribution in [3.05, 3.63) is 53.6 Å². The van der Waals surface area contributed by atoms with E-state index in [9.17, 15) is 19.2 Å². The topological polar surface area (TPSA) is 106 Å². The lowest BCUT2D eigenvalue weighted by Gasteiger charge is -2.27. The Balaban J connectivity index is 1.50. The summed E-state index contributed by atoms with van der Waals surface area (Å²) in [5.41, 5.74) is 1.03. The van der Waals surface area contributed by atoms with E-state index in [1.165, 1.54) is 17.4 Å². The Kier molecular flexibility index (Phi) is 3.92. The van der Waals surface area contributed by atoms with Gasteiger partial charge in [-0.1, -0.05) is 29.5 Å². The molecule has 29 heavy (non-hydrogen) atoms. The van der Waals surface area contributed by atoms with E-state index in [4.69, 9.17) is 4.74 Å². The van der Waals surface area contributed by atoms with Gasteiger partial charge in [0.25, 0.3) is 17.0 Å². The lowest BCUT2D eigenvalue weighted by atomic mass is 10.0. The molecule has 3 heterocycles. The van der Waals surface area contributed by atoms with Gasteiger partial charge in [0.15, 0.2) is 0 Å². The zero-order chi connectivity index (χ0) is 20.1. The normalized spacial score (nSPS) is 18.9. The summed E-state index contributed by atoms with van der Waals surface area (Å²) in [6, 6.07) is 11.2. The molecule has 144 valence electrons. The van der Waals surface area contributed by atoms with Crippen LogP contribution < -0.4 is 10.1 Å². The molecule has 1 N–H and O–H groups in total. The predicted molar refractivity (Wildman–Crippen MR) is 103 cm³/mol. The second kappa shape index (κ2) is 6.49. The van der Waals surface area contributed by atoms with Crippen LogP contribution in [0.3, 0.4) is 0 Å². The van der Waals surface area contributed by atoms with Gasteiger partial charge < -0.3 is 4.74 Å². The van der Waals surface area contributed by atoms with Gasteiger partial charge in [-0.15, -0.1) is 0 Å². The van der Waals surface area contributed by atoms with Crippen molar-refractivity contribution >= 4 is 45.2 Å². The van der Waals surface area contributed by atoms with Crippen LogP contribution in [0.2, 0.25) is 0 Å². The third-order valence-corrected chi connectivity index (χ3v) is 5.82. The Morgan fingerprint density at radius 2 is 1.86 bits per heavy atom. The van der Waals surface area contributed by atoms with E-state index in [1.807, 2.05) is 24.3 Å². The van der Waals surface area contributed by atoms with E-state index < -0.39 is 29.7 Å². The average molecular weight is 407 g/mol. The largest absolute Gasteiger partial charge is 0.430 e. The van der Waals surface area contributed by atoms with Crippen molar-refractivity contribution in [2.45, 2.75) is 18.9 Å². The van der Waals surface area contributed by atoms with Gasteiger partial charge in [-0.25, -0.2) is 4.98 Å². The first-order chi connectivity index (χ1) is 14.0. The Bertz CT molecular complexity index is 1180. The zero-order valence-electron chi connectivity index (χ0n) is 14.9. The van der Waals surface area contributed by atoms with Gasteiger partial charge in [0.1, 0.15) is 11.8 Å². The van der Waals surface area contributed by atoms with E-state index in [1.54, 1.807) is 12.1 Å². The second-order valence-corrected chi connectivity index (χ2v) is 7.67. The number of carbonyl (C=O) groups excluding carboxylic acids is 4. The molecule has 2 aliphatic rings. The Morgan fingerprint density at radius 3 is 2.66 bits per heavy atom. The highest BCUT2D eigenvalue weighted by molar-refractivity contribution is 7.20. The number of amides is 4. The number of benzene rings is 2. The molecule has 1 unspecified atom stereocenters. The number of carbonyl (C=O) groups is 4. The maximum atomic E-state index is 13.1. The summed E-state index contributed by atoms with van der Waals surface area (Å²) in [6.45, 7) is 0. The molecule has 1 fully saturated rings. The third kappa shape index (κ3) is 2.78. The van der Waals surface area contributed by atoms with Crippen molar-refractivity contribution in [3.8, 4) is 10.9 Å².